The van der Waals surface area contributed by atoms with E-state index in [2.05, 4.69) is 5.32 Å². The lowest BCUT2D eigenvalue weighted by molar-refractivity contribution is 0.0693. The summed E-state index contributed by atoms with van der Waals surface area (Å²) in [4.78, 5) is 27.4. The van der Waals surface area contributed by atoms with Crippen LogP contribution in [0.2, 0.25) is 0 Å². The van der Waals surface area contributed by atoms with Gasteiger partial charge in [-0.25, -0.2) is 0 Å². The summed E-state index contributed by atoms with van der Waals surface area (Å²) in [7, 11) is 0. The molecule has 0 unspecified atom stereocenters. The average molecular weight is 350 g/mol. The van der Waals surface area contributed by atoms with Crippen molar-refractivity contribution in [2.45, 2.75) is 45.6 Å². The molecule has 2 aromatic carbocycles. The molecule has 4 heteroatoms. The first kappa shape index (κ1) is 18.2. The fourth-order valence-electron chi connectivity index (χ4n) is 3.62. The maximum absolute atomic E-state index is 13.0. The third-order valence-electron chi connectivity index (χ3n) is 5.14. The van der Waals surface area contributed by atoms with Gasteiger partial charge in [0.15, 0.2) is 0 Å². The number of aryl methyl sites for hydroxylation is 1. The SMILES string of the molecule is CCN(C(=O)c1ccc(C)c(NC(=O)c2ccccc2)c1)C1CCCC1. The van der Waals surface area contributed by atoms with Crippen LogP contribution in [0.4, 0.5) is 5.69 Å². The molecule has 1 saturated carbocycles. The Kier molecular flexibility index (Phi) is 5.71. The number of amides is 2. The minimum Gasteiger partial charge on any atom is -0.336 e. The second kappa shape index (κ2) is 8.17. The number of hydrogen-bond acceptors (Lipinski definition) is 2. The van der Waals surface area contributed by atoms with Crippen LogP contribution in [-0.2, 0) is 0 Å². The molecule has 3 rings (SSSR count). The van der Waals surface area contributed by atoms with Crippen LogP contribution in [0.3, 0.4) is 0 Å². The Morgan fingerprint density at radius 1 is 1.04 bits per heavy atom. The summed E-state index contributed by atoms with van der Waals surface area (Å²) in [6.45, 7) is 4.68. The van der Waals surface area contributed by atoms with Gasteiger partial charge in [-0.1, -0.05) is 37.1 Å². The molecule has 1 aliphatic rings. The molecule has 0 atom stereocenters. The Bertz CT molecular complexity index is 780. The number of nitrogens with one attached hydrogen (secondary N) is 1. The second-order valence-corrected chi connectivity index (χ2v) is 6.88. The summed E-state index contributed by atoms with van der Waals surface area (Å²) in [5.74, 6) is -0.115. The summed E-state index contributed by atoms with van der Waals surface area (Å²) in [6.07, 6.45) is 4.56. The Morgan fingerprint density at radius 3 is 2.38 bits per heavy atom. The predicted molar refractivity (Wildman–Crippen MR) is 105 cm³/mol. The van der Waals surface area contributed by atoms with Crippen LogP contribution in [-0.4, -0.2) is 29.3 Å². The number of carbonyl (C=O) groups is 2. The highest BCUT2D eigenvalue weighted by molar-refractivity contribution is 6.05. The van der Waals surface area contributed by atoms with E-state index in [-0.39, 0.29) is 11.8 Å². The van der Waals surface area contributed by atoms with E-state index < -0.39 is 0 Å². The van der Waals surface area contributed by atoms with Gasteiger partial charge < -0.3 is 10.2 Å². The number of hydrogen-bond donors (Lipinski definition) is 1. The topological polar surface area (TPSA) is 49.4 Å². The van der Waals surface area contributed by atoms with E-state index >= 15 is 0 Å². The molecule has 0 heterocycles. The summed E-state index contributed by atoms with van der Waals surface area (Å²) >= 11 is 0. The minimum absolute atomic E-state index is 0.0506. The Labute approximate surface area is 155 Å². The normalized spacial score (nSPS) is 14.2. The lowest BCUT2D eigenvalue weighted by atomic mass is 10.1. The van der Waals surface area contributed by atoms with Crippen LogP contribution >= 0.6 is 0 Å². The Morgan fingerprint density at radius 2 is 1.73 bits per heavy atom. The van der Waals surface area contributed by atoms with E-state index in [1.807, 2.05) is 49.1 Å². The van der Waals surface area contributed by atoms with Crippen molar-refractivity contribution in [3.63, 3.8) is 0 Å². The molecule has 2 aromatic rings. The van der Waals surface area contributed by atoms with Gasteiger partial charge in [0.05, 0.1) is 0 Å². The summed E-state index contributed by atoms with van der Waals surface area (Å²) in [5.41, 5.74) is 2.86. The smallest absolute Gasteiger partial charge is 0.255 e. The largest absolute Gasteiger partial charge is 0.336 e. The quantitative estimate of drug-likeness (QED) is 0.853. The third-order valence-corrected chi connectivity index (χ3v) is 5.14. The zero-order chi connectivity index (χ0) is 18.5. The fourth-order valence-corrected chi connectivity index (χ4v) is 3.62. The molecule has 1 N–H and O–H groups in total. The molecule has 2 amide bonds. The second-order valence-electron chi connectivity index (χ2n) is 6.88. The first-order chi connectivity index (χ1) is 12.6. The maximum Gasteiger partial charge on any atom is 0.255 e. The molecule has 26 heavy (non-hydrogen) atoms. The van der Waals surface area contributed by atoms with Crippen molar-refractivity contribution in [1.82, 2.24) is 4.90 Å². The standard InChI is InChI=1S/C22H26N2O2/c1-3-24(19-11-7-8-12-19)22(26)18-14-13-16(2)20(15-18)23-21(25)17-9-5-4-6-10-17/h4-6,9-10,13-15,19H,3,7-8,11-12H2,1-2H3,(H,23,25). The van der Waals surface area contributed by atoms with Gasteiger partial charge in [0.2, 0.25) is 0 Å². The number of anilines is 1. The summed E-state index contributed by atoms with van der Waals surface area (Å²) < 4.78 is 0. The van der Waals surface area contributed by atoms with Crippen LogP contribution in [0.15, 0.2) is 48.5 Å². The Hall–Kier alpha value is -2.62. The molecule has 136 valence electrons. The number of nitrogens with zero attached hydrogens (tertiary/aromatic N) is 1. The average Bonchev–Trinajstić information content (AvgIpc) is 3.19. The van der Waals surface area contributed by atoms with Gasteiger partial charge in [-0.2, -0.15) is 0 Å². The van der Waals surface area contributed by atoms with Crippen molar-refractivity contribution in [2.75, 3.05) is 11.9 Å². The van der Waals surface area contributed by atoms with Gasteiger partial charge in [0, 0.05) is 29.4 Å². The van der Waals surface area contributed by atoms with Crippen molar-refractivity contribution < 1.29 is 9.59 Å². The molecular weight excluding hydrogens is 324 g/mol. The summed E-state index contributed by atoms with van der Waals surface area (Å²) in [6, 6.07) is 15.0. The van der Waals surface area contributed by atoms with Crippen LogP contribution in [0.25, 0.3) is 0 Å². The molecule has 0 aromatic heterocycles. The molecule has 4 nitrogen and oxygen atoms in total. The van der Waals surface area contributed by atoms with E-state index in [1.165, 1.54) is 12.8 Å². The first-order valence-electron chi connectivity index (χ1n) is 9.38. The lowest BCUT2D eigenvalue weighted by Gasteiger charge is -2.28. The van der Waals surface area contributed by atoms with Crippen LogP contribution < -0.4 is 5.32 Å². The molecule has 0 radical (unpaired) electrons. The molecule has 1 aliphatic carbocycles. The van der Waals surface area contributed by atoms with E-state index in [9.17, 15) is 9.59 Å². The number of rotatable bonds is 5. The minimum atomic E-state index is -0.165. The highest BCUT2D eigenvalue weighted by atomic mass is 16.2. The van der Waals surface area contributed by atoms with Gasteiger partial charge in [-0.05, 0) is 56.5 Å². The van der Waals surface area contributed by atoms with Gasteiger partial charge >= 0.3 is 0 Å². The molecule has 0 spiro atoms. The van der Waals surface area contributed by atoms with Gasteiger partial charge in [0.1, 0.15) is 0 Å². The molecular formula is C22H26N2O2. The van der Waals surface area contributed by atoms with Crippen molar-refractivity contribution in [2.24, 2.45) is 0 Å². The van der Waals surface area contributed by atoms with Gasteiger partial charge in [-0.15, -0.1) is 0 Å². The third kappa shape index (κ3) is 3.96. The van der Waals surface area contributed by atoms with E-state index in [0.29, 0.717) is 29.4 Å². The van der Waals surface area contributed by atoms with Crippen molar-refractivity contribution in [1.29, 1.82) is 0 Å². The summed E-state index contributed by atoms with van der Waals surface area (Å²) in [5, 5.41) is 2.94. The molecule has 0 bridgehead atoms. The van der Waals surface area contributed by atoms with Gasteiger partial charge in [-0.3, -0.25) is 9.59 Å². The zero-order valence-electron chi connectivity index (χ0n) is 15.5. The monoisotopic (exact) mass is 350 g/mol. The predicted octanol–water partition coefficient (Wildman–Crippen LogP) is 4.65. The fraction of sp³-hybridized carbons (Fsp3) is 0.364. The Balaban J connectivity index is 1.80. The highest BCUT2D eigenvalue weighted by Crippen LogP contribution is 2.26. The van der Waals surface area contributed by atoms with Crippen LogP contribution in [0, 0.1) is 6.92 Å². The number of benzene rings is 2. The van der Waals surface area contributed by atoms with Crippen molar-refractivity contribution in [3.8, 4) is 0 Å². The van der Waals surface area contributed by atoms with Crippen molar-refractivity contribution in [3.05, 3.63) is 65.2 Å². The van der Waals surface area contributed by atoms with E-state index in [1.54, 1.807) is 18.2 Å². The van der Waals surface area contributed by atoms with Crippen LogP contribution in [0.5, 0.6) is 0 Å². The maximum atomic E-state index is 13.0. The molecule has 0 aliphatic heterocycles. The highest BCUT2D eigenvalue weighted by Gasteiger charge is 2.26. The van der Waals surface area contributed by atoms with E-state index in [0.717, 1.165) is 18.4 Å². The molecule has 1 fully saturated rings. The van der Waals surface area contributed by atoms with Gasteiger partial charge in [0.25, 0.3) is 11.8 Å². The first-order valence-corrected chi connectivity index (χ1v) is 9.38. The number of carbonyl (C=O) groups excluding carboxylic acids is 2. The van der Waals surface area contributed by atoms with E-state index in [4.69, 9.17) is 0 Å². The molecule has 0 saturated heterocycles. The van der Waals surface area contributed by atoms with Crippen molar-refractivity contribution >= 4 is 17.5 Å². The lowest BCUT2D eigenvalue weighted by Crippen LogP contribution is -2.38. The van der Waals surface area contributed by atoms with Crippen LogP contribution in [0.1, 0.15) is 58.9 Å². The zero-order valence-corrected chi connectivity index (χ0v) is 15.5.